The fourth-order valence-corrected chi connectivity index (χ4v) is 3.28. The number of amides is 2. The van der Waals surface area contributed by atoms with Crippen LogP contribution in [-0.2, 0) is 17.9 Å². The maximum absolute atomic E-state index is 12.1. The smallest absolute Gasteiger partial charge is 0.252 e. The van der Waals surface area contributed by atoms with Gasteiger partial charge in [-0.1, -0.05) is 38.1 Å². The van der Waals surface area contributed by atoms with Crippen LogP contribution in [0.2, 0.25) is 0 Å². The molecule has 0 aliphatic rings. The van der Waals surface area contributed by atoms with Crippen LogP contribution in [0.5, 0.6) is 0 Å². The summed E-state index contributed by atoms with van der Waals surface area (Å²) >= 11 is 1.48. The Balaban J connectivity index is 1.77. The largest absolute Gasteiger partial charge is 0.352 e. The van der Waals surface area contributed by atoms with Crippen molar-refractivity contribution in [2.75, 3.05) is 19.6 Å². The average molecular weight is 374 g/mol. The number of hydrogen-bond donors (Lipinski definition) is 2. The predicted molar refractivity (Wildman–Crippen MR) is 106 cm³/mol. The van der Waals surface area contributed by atoms with Crippen LogP contribution in [0.1, 0.15) is 41.8 Å². The highest BCUT2D eigenvalue weighted by Gasteiger charge is 2.09. The topological polar surface area (TPSA) is 61.4 Å². The van der Waals surface area contributed by atoms with E-state index in [1.54, 1.807) is 11.4 Å². The summed E-state index contributed by atoms with van der Waals surface area (Å²) in [6, 6.07) is 9.96. The van der Waals surface area contributed by atoms with E-state index < -0.39 is 0 Å². The molecule has 140 valence electrons. The summed E-state index contributed by atoms with van der Waals surface area (Å²) in [7, 11) is 0. The molecule has 0 radical (unpaired) electrons. The molecule has 2 amide bonds. The quantitative estimate of drug-likeness (QED) is 0.673. The van der Waals surface area contributed by atoms with Crippen LogP contribution >= 0.6 is 11.3 Å². The number of hydrogen-bond acceptors (Lipinski definition) is 4. The van der Waals surface area contributed by atoms with Crippen molar-refractivity contribution in [2.45, 2.75) is 33.4 Å². The number of rotatable bonds is 10. The lowest BCUT2D eigenvalue weighted by Gasteiger charge is -2.20. The van der Waals surface area contributed by atoms with E-state index in [1.807, 2.05) is 17.5 Å². The Morgan fingerprint density at radius 2 is 1.77 bits per heavy atom. The van der Waals surface area contributed by atoms with Crippen molar-refractivity contribution in [3.05, 3.63) is 57.8 Å². The monoisotopic (exact) mass is 373 g/mol. The van der Waals surface area contributed by atoms with Gasteiger partial charge in [-0.25, -0.2) is 0 Å². The highest BCUT2D eigenvalue weighted by Crippen LogP contribution is 2.12. The first kappa shape index (κ1) is 20.1. The van der Waals surface area contributed by atoms with Crippen molar-refractivity contribution in [1.29, 1.82) is 0 Å². The molecule has 0 aliphatic heterocycles. The van der Waals surface area contributed by atoms with Crippen LogP contribution in [-0.4, -0.2) is 36.3 Å². The Hall–Kier alpha value is -2.18. The molecule has 2 N–H and O–H groups in total. The van der Waals surface area contributed by atoms with Gasteiger partial charge in [-0.15, -0.1) is 0 Å². The first-order valence-electron chi connectivity index (χ1n) is 9.00. The van der Waals surface area contributed by atoms with E-state index in [0.29, 0.717) is 18.7 Å². The second-order valence-electron chi connectivity index (χ2n) is 6.02. The lowest BCUT2D eigenvalue weighted by atomic mass is 10.1. The van der Waals surface area contributed by atoms with Gasteiger partial charge in [-0.2, -0.15) is 11.3 Å². The maximum Gasteiger partial charge on any atom is 0.252 e. The van der Waals surface area contributed by atoms with E-state index >= 15 is 0 Å². The molecule has 1 aromatic carbocycles. The summed E-state index contributed by atoms with van der Waals surface area (Å²) in [4.78, 5) is 26.2. The van der Waals surface area contributed by atoms with E-state index in [-0.39, 0.29) is 18.2 Å². The van der Waals surface area contributed by atoms with Gasteiger partial charge in [0.15, 0.2) is 0 Å². The lowest BCUT2D eigenvalue weighted by molar-refractivity contribution is -0.121. The molecule has 0 saturated heterocycles. The highest BCUT2D eigenvalue weighted by atomic mass is 32.1. The zero-order chi connectivity index (χ0) is 18.8. The molecule has 0 bridgehead atoms. The van der Waals surface area contributed by atoms with Gasteiger partial charge < -0.3 is 10.6 Å². The first-order valence-corrected chi connectivity index (χ1v) is 9.94. The third-order valence-corrected chi connectivity index (χ3v) is 4.99. The zero-order valence-corrected chi connectivity index (χ0v) is 16.3. The van der Waals surface area contributed by atoms with E-state index in [1.165, 1.54) is 16.9 Å². The number of benzene rings is 1. The number of nitrogens with zero attached hydrogens (tertiary/aromatic N) is 1. The van der Waals surface area contributed by atoms with Gasteiger partial charge >= 0.3 is 0 Å². The van der Waals surface area contributed by atoms with Gasteiger partial charge in [-0.3, -0.25) is 14.5 Å². The Kier molecular flexibility index (Phi) is 8.31. The summed E-state index contributed by atoms with van der Waals surface area (Å²) in [5.41, 5.74) is 3.01. The van der Waals surface area contributed by atoms with Crippen molar-refractivity contribution in [3.8, 4) is 0 Å². The summed E-state index contributed by atoms with van der Waals surface area (Å²) in [5.74, 6) is -0.197. The molecule has 0 aliphatic carbocycles. The molecule has 1 aromatic heterocycles. The number of carbonyl (C=O) groups excluding carboxylic acids is 2. The van der Waals surface area contributed by atoms with E-state index in [9.17, 15) is 9.59 Å². The Bertz CT molecular complexity index is 697. The summed E-state index contributed by atoms with van der Waals surface area (Å²) < 4.78 is 0. The van der Waals surface area contributed by atoms with Crippen LogP contribution < -0.4 is 10.6 Å². The molecule has 0 spiro atoms. The van der Waals surface area contributed by atoms with Crippen LogP contribution in [0.25, 0.3) is 0 Å². The normalized spacial score (nSPS) is 10.7. The van der Waals surface area contributed by atoms with Crippen LogP contribution in [0.4, 0.5) is 0 Å². The van der Waals surface area contributed by atoms with Crippen molar-refractivity contribution in [2.24, 2.45) is 0 Å². The van der Waals surface area contributed by atoms with Crippen molar-refractivity contribution >= 4 is 23.2 Å². The molecule has 2 aromatic rings. The molecular weight excluding hydrogens is 346 g/mol. The Morgan fingerprint density at radius 3 is 2.42 bits per heavy atom. The molecule has 0 saturated carbocycles. The summed E-state index contributed by atoms with van der Waals surface area (Å²) in [5, 5.41) is 9.37. The summed E-state index contributed by atoms with van der Waals surface area (Å²) in [6.07, 6.45) is 0.272. The standard InChI is InChI=1S/C20H27N3O2S/c1-3-23(4-2)14-17-8-6-5-7-16(17)13-22-19(24)9-11-21-20(25)18-10-12-26-15-18/h5-8,10,12,15H,3-4,9,11,13-14H2,1-2H3,(H,21,25)(H,22,24). The zero-order valence-electron chi connectivity index (χ0n) is 15.5. The minimum absolute atomic E-state index is 0.0618. The van der Waals surface area contributed by atoms with Gasteiger partial charge in [-0.05, 0) is 35.7 Å². The fourth-order valence-electron chi connectivity index (χ4n) is 2.64. The fraction of sp³-hybridized carbons (Fsp3) is 0.400. The van der Waals surface area contributed by atoms with Gasteiger partial charge in [0.25, 0.3) is 5.91 Å². The molecule has 0 atom stereocenters. The number of carbonyl (C=O) groups is 2. The molecule has 0 fully saturated rings. The Morgan fingerprint density at radius 1 is 1.04 bits per heavy atom. The van der Waals surface area contributed by atoms with Crippen molar-refractivity contribution in [3.63, 3.8) is 0 Å². The van der Waals surface area contributed by atoms with E-state index in [4.69, 9.17) is 0 Å². The number of nitrogens with one attached hydrogen (secondary N) is 2. The van der Waals surface area contributed by atoms with Crippen molar-refractivity contribution in [1.82, 2.24) is 15.5 Å². The molecule has 6 heteroatoms. The van der Waals surface area contributed by atoms with E-state index in [2.05, 4.69) is 41.5 Å². The molecule has 5 nitrogen and oxygen atoms in total. The van der Waals surface area contributed by atoms with Crippen LogP contribution in [0.15, 0.2) is 41.1 Å². The van der Waals surface area contributed by atoms with Gasteiger partial charge in [0, 0.05) is 37.0 Å². The van der Waals surface area contributed by atoms with Gasteiger partial charge in [0.2, 0.25) is 5.91 Å². The first-order chi connectivity index (χ1) is 12.6. The van der Waals surface area contributed by atoms with Crippen LogP contribution in [0, 0.1) is 0 Å². The second-order valence-corrected chi connectivity index (χ2v) is 6.80. The summed E-state index contributed by atoms with van der Waals surface area (Å²) in [6.45, 7) is 8.03. The molecular formula is C20H27N3O2S. The third-order valence-electron chi connectivity index (χ3n) is 4.30. The third kappa shape index (κ3) is 6.28. The van der Waals surface area contributed by atoms with Gasteiger partial charge in [0.05, 0.1) is 0 Å². The highest BCUT2D eigenvalue weighted by molar-refractivity contribution is 7.08. The van der Waals surface area contributed by atoms with Crippen LogP contribution in [0.3, 0.4) is 0 Å². The lowest BCUT2D eigenvalue weighted by Crippen LogP contribution is -2.30. The molecule has 1 heterocycles. The average Bonchev–Trinajstić information content (AvgIpc) is 3.20. The molecule has 2 rings (SSSR count). The minimum atomic E-state index is -0.136. The molecule has 26 heavy (non-hydrogen) atoms. The second kappa shape index (κ2) is 10.7. The van der Waals surface area contributed by atoms with E-state index in [0.717, 1.165) is 25.2 Å². The minimum Gasteiger partial charge on any atom is -0.352 e. The predicted octanol–water partition coefficient (Wildman–Crippen LogP) is 3.03. The van der Waals surface area contributed by atoms with Gasteiger partial charge in [0.1, 0.15) is 0 Å². The number of thiophene rings is 1. The SMILES string of the molecule is CCN(CC)Cc1ccccc1CNC(=O)CCNC(=O)c1ccsc1. The van der Waals surface area contributed by atoms with Crippen molar-refractivity contribution < 1.29 is 9.59 Å². The molecule has 0 unspecified atom stereocenters. The maximum atomic E-state index is 12.1. The Labute approximate surface area is 159 Å².